The van der Waals surface area contributed by atoms with Crippen LogP contribution in [0.2, 0.25) is 5.02 Å². The molecule has 0 spiro atoms. The average Bonchev–Trinajstić information content (AvgIpc) is 3.36. The van der Waals surface area contributed by atoms with E-state index in [1.165, 1.54) is 18.4 Å². The summed E-state index contributed by atoms with van der Waals surface area (Å²) in [5, 5.41) is 8.01. The van der Waals surface area contributed by atoms with Gasteiger partial charge in [-0.2, -0.15) is 5.10 Å². The van der Waals surface area contributed by atoms with Crippen LogP contribution < -0.4 is 5.32 Å². The highest BCUT2D eigenvalue weighted by Gasteiger charge is 2.14. The van der Waals surface area contributed by atoms with Crippen LogP contribution in [0, 0.1) is 0 Å². The van der Waals surface area contributed by atoms with Crippen molar-refractivity contribution in [2.75, 3.05) is 18.4 Å². The first kappa shape index (κ1) is 18.7. The molecule has 0 saturated carbocycles. The van der Waals surface area contributed by atoms with Crippen molar-refractivity contribution in [3.63, 3.8) is 0 Å². The van der Waals surface area contributed by atoms with Gasteiger partial charge in [0.2, 0.25) is 0 Å². The standard InChI is InChI=1S/C22H23ClN4O/c23-20-8-6-17(7-9-20)16-27-21(10-11-24-27)25-22(28)19-5-3-4-18(14-19)15-26-12-1-2-13-26/h3-11,14H,1-2,12-13,15-16H2,(H,25,28). The summed E-state index contributed by atoms with van der Waals surface area (Å²) in [4.78, 5) is 15.2. The van der Waals surface area contributed by atoms with Crippen molar-refractivity contribution >= 4 is 23.3 Å². The van der Waals surface area contributed by atoms with E-state index in [2.05, 4.69) is 21.4 Å². The number of amides is 1. The molecule has 1 N–H and O–H groups in total. The van der Waals surface area contributed by atoms with Gasteiger partial charge in [0.05, 0.1) is 12.7 Å². The number of anilines is 1. The third-order valence-corrected chi connectivity index (χ3v) is 5.25. The van der Waals surface area contributed by atoms with Crippen molar-refractivity contribution in [2.24, 2.45) is 0 Å². The SMILES string of the molecule is O=C(Nc1ccnn1Cc1ccc(Cl)cc1)c1cccc(CN2CCCC2)c1. The zero-order chi connectivity index (χ0) is 19.3. The van der Waals surface area contributed by atoms with Gasteiger partial charge in [0.1, 0.15) is 5.82 Å². The Morgan fingerprint density at radius 3 is 2.57 bits per heavy atom. The second kappa shape index (κ2) is 8.59. The van der Waals surface area contributed by atoms with E-state index in [1.54, 1.807) is 10.9 Å². The molecule has 1 saturated heterocycles. The largest absolute Gasteiger partial charge is 0.307 e. The van der Waals surface area contributed by atoms with Crippen molar-refractivity contribution in [3.8, 4) is 0 Å². The Labute approximate surface area is 169 Å². The van der Waals surface area contributed by atoms with Crippen molar-refractivity contribution in [1.29, 1.82) is 0 Å². The van der Waals surface area contributed by atoms with Crippen LogP contribution in [-0.2, 0) is 13.1 Å². The molecule has 1 fully saturated rings. The Morgan fingerprint density at radius 1 is 1.00 bits per heavy atom. The Morgan fingerprint density at radius 2 is 1.79 bits per heavy atom. The van der Waals surface area contributed by atoms with Gasteiger partial charge in [-0.15, -0.1) is 0 Å². The van der Waals surface area contributed by atoms with E-state index in [-0.39, 0.29) is 5.91 Å². The fourth-order valence-electron chi connectivity index (χ4n) is 3.53. The maximum absolute atomic E-state index is 12.8. The number of halogens is 1. The molecule has 3 aromatic rings. The Bertz CT molecular complexity index is 945. The molecule has 0 radical (unpaired) electrons. The number of carbonyl (C=O) groups is 1. The van der Waals surface area contributed by atoms with Crippen LogP contribution in [0.1, 0.15) is 34.3 Å². The van der Waals surface area contributed by atoms with Gasteiger partial charge in [0, 0.05) is 23.2 Å². The summed E-state index contributed by atoms with van der Waals surface area (Å²) in [6.07, 6.45) is 4.21. The Balaban J connectivity index is 1.44. The molecule has 4 rings (SSSR count). The van der Waals surface area contributed by atoms with Crippen LogP contribution in [0.5, 0.6) is 0 Å². The van der Waals surface area contributed by atoms with Crippen molar-refractivity contribution in [1.82, 2.24) is 14.7 Å². The highest BCUT2D eigenvalue weighted by Crippen LogP contribution is 2.17. The van der Waals surface area contributed by atoms with Crippen LogP contribution in [-0.4, -0.2) is 33.7 Å². The second-order valence-electron chi connectivity index (χ2n) is 7.14. The number of hydrogen-bond donors (Lipinski definition) is 1. The first-order valence-corrected chi connectivity index (χ1v) is 9.94. The molecule has 28 heavy (non-hydrogen) atoms. The lowest BCUT2D eigenvalue weighted by atomic mass is 10.1. The van der Waals surface area contributed by atoms with Crippen molar-refractivity contribution in [2.45, 2.75) is 25.9 Å². The molecular formula is C22H23ClN4O. The van der Waals surface area contributed by atoms with Gasteiger partial charge in [0.25, 0.3) is 5.91 Å². The number of nitrogens with zero attached hydrogens (tertiary/aromatic N) is 3. The summed E-state index contributed by atoms with van der Waals surface area (Å²) in [5.74, 6) is 0.547. The Kier molecular flexibility index (Phi) is 5.74. The van der Waals surface area contributed by atoms with Gasteiger partial charge in [-0.3, -0.25) is 9.69 Å². The van der Waals surface area contributed by atoms with E-state index in [0.29, 0.717) is 22.9 Å². The maximum Gasteiger partial charge on any atom is 0.256 e. The number of hydrogen-bond acceptors (Lipinski definition) is 3. The van der Waals surface area contributed by atoms with Gasteiger partial charge in [-0.25, -0.2) is 4.68 Å². The number of rotatable bonds is 6. The summed E-state index contributed by atoms with van der Waals surface area (Å²) in [5.41, 5.74) is 2.90. The minimum absolute atomic E-state index is 0.124. The molecular weight excluding hydrogens is 372 g/mol. The highest BCUT2D eigenvalue weighted by atomic mass is 35.5. The highest BCUT2D eigenvalue weighted by molar-refractivity contribution is 6.30. The number of aromatic nitrogens is 2. The first-order valence-electron chi connectivity index (χ1n) is 9.56. The molecule has 5 nitrogen and oxygen atoms in total. The maximum atomic E-state index is 12.8. The minimum atomic E-state index is -0.124. The summed E-state index contributed by atoms with van der Waals surface area (Å²) >= 11 is 5.95. The Hall–Kier alpha value is -2.63. The normalized spacial score (nSPS) is 14.3. The molecule has 2 aromatic carbocycles. The molecule has 0 unspecified atom stereocenters. The summed E-state index contributed by atoms with van der Waals surface area (Å²) in [7, 11) is 0. The monoisotopic (exact) mass is 394 g/mol. The number of benzene rings is 2. The summed E-state index contributed by atoms with van der Waals surface area (Å²) < 4.78 is 1.77. The predicted octanol–water partition coefficient (Wildman–Crippen LogP) is 4.43. The zero-order valence-electron chi connectivity index (χ0n) is 15.6. The van der Waals surface area contributed by atoms with Crippen LogP contribution in [0.25, 0.3) is 0 Å². The van der Waals surface area contributed by atoms with Crippen LogP contribution in [0.15, 0.2) is 60.8 Å². The molecule has 1 aliphatic rings. The molecule has 0 bridgehead atoms. The lowest BCUT2D eigenvalue weighted by molar-refractivity contribution is 0.102. The van der Waals surface area contributed by atoms with Gasteiger partial charge < -0.3 is 5.32 Å². The van der Waals surface area contributed by atoms with Crippen LogP contribution in [0.3, 0.4) is 0 Å². The van der Waals surface area contributed by atoms with Gasteiger partial charge in [0.15, 0.2) is 0 Å². The van der Waals surface area contributed by atoms with Gasteiger partial charge >= 0.3 is 0 Å². The summed E-state index contributed by atoms with van der Waals surface area (Å²) in [6.45, 7) is 3.74. The molecule has 1 aliphatic heterocycles. The second-order valence-corrected chi connectivity index (χ2v) is 7.57. The van der Waals surface area contributed by atoms with Gasteiger partial charge in [-0.1, -0.05) is 35.9 Å². The minimum Gasteiger partial charge on any atom is -0.307 e. The molecule has 0 atom stereocenters. The predicted molar refractivity (Wildman–Crippen MR) is 112 cm³/mol. The van der Waals surface area contributed by atoms with Gasteiger partial charge in [-0.05, 0) is 61.3 Å². The third-order valence-electron chi connectivity index (χ3n) is 5.00. The van der Waals surface area contributed by atoms with Crippen LogP contribution in [0.4, 0.5) is 5.82 Å². The van der Waals surface area contributed by atoms with Crippen molar-refractivity contribution in [3.05, 3.63) is 82.5 Å². The van der Waals surface area contributed by atoms with E-state index >= 15 is 0 Å². The number of carbonyl (C=O) groups excluding carboxylic acids is 1. The molecule has 2 heterocycles. The average molecular weight is 395 g/mol. The lowest BCUT2D eigenvalue weighted by Gasteiger charge is -2.15. The van der Waals surface area contributed by atoms with E-state index in [9.17, 15) is 4.79 Å². The number of nitrogens with one attached hydrogen (secondary N) is 1. The van der Waals surface area contributed by atoms with E-state index < -0.39 is 0 Å². The van der Waals surface area contributed by atoms with E-state index in [0.717, 1.165) is 25.2 Å². The quantitative estimate of drug-likeness (QED) is 0.672. The van der Waals surface area contributed by atoms with E-state index in [1.807, 2.05) is 48.5 Å². The smallest absolute Gasteiger partial charge is 0.256 e. The molecule has 1 amide bonds. The topological polar surface area (TPSA) is 50.2 Å². The molecule has 1 aromatic heterocycles. The molecule has 144 valence electrons. The fourth-order valence-corrected chi connectivity index (χ4v) is 3.65. The zero-order valence-corrected chi connectivity index (χ0v) is 16.4. The number of likely N-dealkylation sites (tertiary alicyclic amines) is 1. The van der Waals surface area contributed by atoms with Crippen LogP contribution >= 0.6 is 11.6 Å². The van der Waals surface area contributed by atoms with Crippen molar-refractivity contribution < 1.29 is 4.79 Å². The molecule has 0 aliphatic carbocycles. The van der Waals surface area contributed by atoms with E-state index in [4.69, 9.17) is 11.6 Å². The third kappa shape index (κ3) is 4.61. The fraction of sp³-hybridized carbons (Fsp3) is 0.273. The first-order chi connectivity index (χ1) is 13.7. The summed E-state index contributed by atoms with van der Waals surface area (Å²) in [6, 6.07) is 17.3. The lowest BCUT2D eigenvalue weighted by Crippen LogP contribution is -2.19. The molecule has 6 heteroatoms.